The molecule has 0 saturated heterocycles. The van der Waals surface area contributed by atoms with E-state index in [0.717, 1.165) is 25.7 Å². The summed E-state index contributed by atoms with van der Waals surface area (Å²) in [5.41, 5.74) is 14.4. The van der Waals surface area contributed by atoms with Crippen molar-refractivity contribution in [3.05, 3.63) is 99.1 Å². The van der Waals surface area contributed by atoms with Crippen LogP contribution in [0, 0.1) is 17.7 Å². The summed E-state index contributed by atoms with van der Waals surface area (Å²) in [5.74, 6) is 6.24. The number of carbonyl (C=O) groups is 1. The Bertz CT molecular complexity index is 1680. The fraction of sp³-hybridized carbons (Fsp3) is 0.344. The maximum absolute atomic E-state index is 15.5. The van der Waals surface area contributed by atoms with Crippen molar-refractivity contribution in [1.29, 1.82) is 0 Å². The third-order valence-electron chi connectivity index (χ3n) is 7.63. The Balaban J connectivity index is 1.78. The fourth-order valence-corrected chi connectivity index (χ4v) is 5.28. The Hall–Kier alpha value is -4.55. The molecule has 13 heteroatoms. The van der Waals surface area contributed by atoms with Crippen LogP contribution in [0.25, 0.3) is 11.3 Å². The summed E-state index contributed by atoms with van der Waals surface area (Å²) in [6.07, 6.45) is 10.6. The maximum atomic E-state index is 15.5. The summed E-state index contributed by atoms with van der Waals surface area (Å²) in [4.78, 5) is 38.3. The van der Waals surface area contributed by atoms with E-state index < -0.39 is 17.4 Å². The lowest BCUT2D eigenvalue weighted by Crippen LogP contribution is -2.28. The number of benzene rings is 1. The second-order valence-electron chi connectivity index (χ2n) is 11.3. The molecular formula is C32H39ClFN9O2. The second kappa shape index (κ2) is 15.0. The molecule has 3 aromatic rings. The van der Waals surface area contributed by atoms with Gasteiger partial charge in [0.25, 0.3) is 5.56 Å². The average molecular weight is 636 g/mol. The van der Waals surface area contributed by atoms with Crippen LogP contribution >= 0.6 is 11.6 Å². The number of nitrogens with zero attached hydrogens (tertiary/aromatic N) is 5. The number of hydrogen-bond donors (Lipinski definition) is 4. The maximum Gasteiger partial charge on any atom is 0.254 e. The smallest absolute Gasteiger partial charge is 0.254 e. The van der Waals surface area contributed by atoms with Crippen LogP contribution in [0.2, 0.25) is 5.02 Å². The SMILES string of the molecule is CN=C(C(=CN)NC=O)c1ccnc(C(CCCC(C)C)n2cnc(-c3c(N(N)/C=C(\N)C4CC4)ccc(Cl)c3F)cc2=O)c1. The first-order valence-corrected chi connectivity index (χ1v) is 15.1. The Morgan fingerprint density at radius 3 is 2.62 bits per heavy atom. The number of rotatable bonds is 14. The number of carbonyl (C=O) groups excluding carboxylic acids is 1. The van der Waals surface area contributed by atoms with Gasteiger partial charge in [-0.1, -0.05) is 38.3 Å². The Kier molecular flexibility index (Phi) is 11.1. The number of pyridine rings is 1. The first-order valence-electron chi connectivity index (χ1n) is 14.7. The molecule has 1 unspecified atom stereocenters. The van der Waals surface area contributed by atoms with Crippen molar-refractivity contribution in [2.45, 2.75) is 52.0 Å². The second-order valence-corrected chi connectivity index (χ2v) is 11.7. The summed E-state index contributed by atoms with van der Waals surface area (Å²) in [6, 6.07) is 7.26. The van der Waals surface area contributed by atoms with E-state index in [4.69, 9.17) is 28.9 Å². The highest BCUT2D eigenvalue weighted by atomic mass is 35.5. The van der Waals surface area contributed by atoms with E-state index in [1.54, 1.807) is 37.6 Å². The number of allylic oxidation sites excluding steroid dienone is 2. The molecule has 0 spiro atoms. The first kappa shape index (κ1) is 33.3. The fourth-order valence-electron chi connectivity index (χ4n) is 5.12. The van der Waals surface area contributed by atoms with Crippen molar-refractivity contribution in [1.82, 2.24) is 19.9 Å². The molecule has 1 aliphatic carbocycles. The van der Waals surface area contributed by atoms with Gasteiger partial charge in [-0.2, -0.15) is 0 Å². The van der Waals surface area contributed by atoms with Gasteiger partial charge in [0.1, 0.15) is 0 Å². The highest BCUT2D eigenvalue weighted by Crippen LogP contribution is 2.37. The molecule has 2 heterocycles. The number of hydrogen-bond acceptors (Lipinski definition) is 9. The molecule has 0 bridgehead atoms. The third kappa shape index (κ3) is 7.95. The highest BCUT2D eigenvalue weighted by Gasteiger charge is 2.26. The van der Waals surface area contributed by atoms with Crippen LogP contribution in [-0.4, -0.2) is 33.7 Å². The van der Waals surface area contributed by atoms with E-state index in [-0.39, 0.29) is 27.9 Å². The lowest BCUT2D eigenvalue weighted by atomic mass is 9.98. The summed E-state index contributed by atoms with van der Waals surface area (Å²) in [7, 11) is 1.58. The number of aliphatic imine (C=N–C) groups is 1. The topological polar surface area (TPSA) is 171 Å². The van der Waals surface area contributed by atoms with Crippen molar-refractivity contribution in [2.24, 2.45) is 34.1 Å². The molecule has 7 N–H and O–H groups in total. The highest BCUT2D eigenvalue weighted by molar-refractivity contribution is 6.31. The molecule has 11 nitrogen and oxygen atoms in total. The van der Waals surface area contributed by atoms with Crippen LogP contribution in [0.4, 0.5) is 10.1 Å². The number of hydrazine groups is 1. The molecule has 1 atom stereocenters. The van der Waals surface area contributed by atoms with Gasteiger partial charge in [0.05, 0.1) is 51.4 Å². The zero-order chi connectivity index (χ0) is 32.7. The Morgan fingerprint density at radius 2 is 2.00 bits per heavy atom. The van der Waals surface area contributed by atoms with E-state index in [9.17, 15) is 9.59 Å². The first-order chi connectivity index (χ1) is 21.6. The van der Waals surface area contributed by atoms with Gasteiger partial charge in [-0.25, -0.2) is 15.2 Å². The van der Waals surface area contributed by atoms with Crippen LogP contribution in [0.5, 0.6) is 0 Å². The largest absolute Gasteiger partial charge is 0.403 e. The number of nitrogens with one attached hydrogen (secondary N) is 1. The van der Waals surface area contributed by atoms with E-state index in [1.165, 1.54) is 34.2 Å². The molecule has 2 aromatic heterocycles. The van der Waals surface area contributed by atoms with Crippen LogP contribution < -0.4 is 33.2 Å². The van der Waals surface area contributed by atoms with Gasteiger partial charge in [-0.15, -0.1) is 0 Å². The third-order valence-corrected chi connectivity index (χ3v) is 7.92. The van der Waals surface area contributed by atoms with E-state index >= 15 is 4.39 Å². The van der Waals surface area contributed by atoms with Crippen LogP contribution in [0.3, 0.4) is 0 Å². The number of nitrogens with two attached hydrogens (primary N) is 3. The lowest BCUT2D eigenvalue weighted by Gasteiger charge is -2.22. The van der Waals surface area contributed by atoms with Crippen molar-refractivity contribution < 1.29 is 9.18 Å². The molecule has 1 aliphatic rings. The van der Waals surface area contributed by atoms with Gasteiger partial charge in [0, 0.05) is 48.9 Å². The van der Waals surface area contributed by atoms with Gasteiger partial charge < -0.3 is 16.8 Å². The minimum absolute atomic E-state index is 0.0156. The van der Waals surface area contributed by atoms with Gasteiger partial charge in [-0.3, -0.25) is 29.1 Å². The molecule has 0 aliphatic heterocycles. The summed E-state index contributed by atoms with van der Waals surface area (Å²) in [6.45, 7) is 4.26. The minimum atomic E-state index is -0.755. The monoisotopic (exact) mass is 635 g/mol. The molecule has 1 aromatic carbocycles. The normalized spacial score (nSPS) is 14.9. The molecule has 45 heavy (non-hydrogen) atoms. The summed E-state index contributed by atoms with van der Waals surface area (Å²) < 4.78 is 17.0. The zero-order valence-corrected chi connectivity index (χ0v) is 26.3. The predicted molar refractivity (Wildman–Crippen MR) is 176 cm³/mol. The molecule has 1 amide bonds. The number of aromatic nitrogens is 3. The van der Waals surface area contributed by atoms with Gasteiger partial charge in [-0.05, 0) is 49.4 Å². The van der Waals surface area contributed by atoms with Gasteiger partial charge in [0.15, 0.2) is 5.82 Å². The summed E-state index contributed by atoms with van der Waals surface area (Å²) in [5, 5.41) is 3.65. The van der Waals surface area contributed by atoms with Gasteiger partial charge in [0.2, 0.25) is 6.41 Å². The molecule has 4 rings (SSSR count). The quantitative estimate of drug-likeness (QED) is 0.0875. The standard InChI is InChI=1S/C32H39ClFN9O2/c1-19(2)5-4-6-27(24-13-21(11-12-39-24)32(38-3)26(15-35)41-18-44)42-17-40-25(14-29(42)45)30-28(10-9-22(33)31(30)34)43(37)16-23(36)20-7-8-20/h9-20,27H,4-8,35-37H2,1-3H3,(H,41,44)/b23-16-,26-15?,38-32?. The Morgan fingerprint density at radius 1 is 1.24 bits per heavy atom. The van der Waals surface area contributed by atoms with E-state index in [0.29, 0.717) is 47.1 Å². The van der Waals surface area contributed by atoms with E-state index in [2.05, 4.69) is 34.1 Å². The molecule has 1 fully saturated rings. The molecule has 0 radical (unpaired) electrons. The minimum Gasteiger partial charge on any atom is -0.403 e. The van der Waals surface area contributed by atoms with Crippen LogP contribution in [0.1, 0.15) is 63.3 Å². The number of halogens is 2. The van der Waals surface area contributed by atoms with Crippen molar-refractivity contribution in [2.75, 3.05) is 12.1 Å². The van der Waals surface area contributed by atoms with Crippen LogP contribution in [-0.2, 0) is 4.79 Å². The number of anilines is 1. The predicted octanol–water partition coefficient (Wildman–Crippen LogP) is 4.37. The average Bonchev–Trinajstić information content (AvgIpc) is 3.87. The van der Waals surface area contributed by atoms with E-state index in [1.807, 2.05) is 0 Å². The van der Waals surface area contributed by atoms with Crippen molar-refractivity contribution >= 4 is 29.4 Å². The van der Waals surface area contributed by atoms with Crippen molar-refractivity contribution in [3.8, 4) is 11.3 Å². The zero-order valence-electron chi connectivity index (χ0n) is 25.6. The number of amides is 1. The summed E-state index contributed by atoms with van der Waals surface area (Å²) >= 11 is 6.16. The Labute approximate surface area is 266 Å². The van der Waals surface area contributed by atoms with Crippen molar-refractivity contribution in [3.63, 3.8) is 0 Å². The molecule has 238 valence electrons. The molecular weight excluding hydrogens is 597 g/mol. The molecule has 1 saturated carbocycles. The van der Waals surface area contributed by atoms with Crippen LogP contribution in [0.15, 0.2) is 76.4 Å². The van der Waals surface area contributed by atoms with Gasteiger partial charge >= 0.3 is 0 Å². The lowest BCUT2D eigenvalue weighted by molar-refractivity contribution is -0.108.